The molecule has 0 bridgehead atoms. The molecule has 0 amide bonds. The summed E-state index contributed by atoms with van der Waals surface area (Å²) in [5, 5.41) is 12.3. The van der Waals surface area contributed by atoms with Crippen molar-refractivity contribution in [1.82, 2.24) is 9.97 Å². The van der Waals surface area contributed by atoms with Crippen LogP contribution in [0.4, 0.5) is 11.5 Å². The van der Waals surface area contributed by atoms with Crippen molar-refractivity contribution < 1.29 is 0 Å². The van der Waals surface area contributed by atoms with Gasteiger partial charge in [0.1, 0.15) is 17.3 Å². The zero-order valence-electron chi connectivity index (χ0n) is 9.41. The third-order valence-electron chi connectivity index (χ3n) is 2.37. The molecule has 1 N–H and O–H groups in total. The molecular weight excluding hydrogens is 316 g/mol. The molecule has 1 aromatic heterocycles. The second-order valence-corrected chi connectivity index (χ2v) is 4.74. The van der Waals surface area contributed by atoms with Gasteiger partial charge in [0.15, 0.2) is 0 Å². The molecule has 0 fully saturated rings. The lowest BCUT2D eigenvalue weighted by Gasteiger charge is -2.10. The van der Waals surface area contributed by atoms with E-state index in [-0.39, 0.29) is 0 Å². The van der Waals surface area contributed by atoms with Crippen LogP contribution in [0.3, 0.4) is 0 Å². The van der Waals surface area contributed by atoms with Crippen LogP contribution in [0.5, 0.6) is 0 Å². The van der Waals surface area contributed by atoms with E-state index >= 15 is 0 Å². The van der Waals surface area contributed by atoms with E-state index in [1.54, 1.807) is 12.1 Å². The number of aromatic nitrogens is 2. The van der Waals surface area contributed by atoms with Crippen molar-refractivity contribution >= 4 is 39.0 Å². The van der Waals surface area contributed by atoms with Gasteiger partial charge in [-0.05, 0) is 40.5 Å². The van der Waals surface area contributed by atoms with Gasteiger partial charge < -0.3 is 5.32 Å². The summed E-state index contributed by atoms with van der Waals surface area (Å²) in [6.45, 7) is 1.94. The van der Waals surface area contributed by atoms with Crippen molar-refractivity contribution in [2.75, 3.05) is 5.32 Å². The maximum atomic E-state index is 8.88. The Balaban J connectivity index is 2.40. The van der Waals surface area contributed by atoms with Crippen LogP contribution < -0.4 is 5.32 Å². The number of rotatable bonds is 2. The van der Waals surface area contributed by atoms with E-state index in [9.17, 15) is 0 Å². The van der Waals surface area contributed by atoms with Gasteiger partial charge in [-0.15, -0.1) is 0 Å². The first kappa shape index (κ1) is 12.8. The number of benzene rings is 1. The lowest BCUT2D eigenvalue weighted by molar-refractivity contribution is 1.15. The number of anilines is 2. The Bertz CT molecular complexity index is 636. The van der Waals surface area contributed by atoms with Crippen LogP contribution in [0, 0.1) is 18.3 Å². The standard InChI is InChI=1S/C12H8BrClN4/c1-7-2-3-8(5-15)4-9(7)18-12-10(13)11(14)16-6-17-12/h2-4,6H,1H3,(H,16,17,18). The number of hydrogen-bond donors (Lipinski definition) is 1. The van der Waals surface area contributed by atoms with Crippen LogP contribution in [-0.4, -0.2) is 9.97 Å². The number of nitriles is 1. The lowest BCUT2D eigenvalue weighted by Crippen LogP contribution is -1.98. The summed E-state index contributed by atoms with van der Waals surface area (Å²) in [7, 11) is 0. The monoisotopic (exact) mass is 322 g/mol. The van der Waals surface area contributed by atoms with E-state index in [1.807, 2.05) is 13.0 Å². The Morgan fingerprint density at radius 2 is 2.17 bits per heavy atom. The van der Waals surface area contributed by atoms with Crippen LogP contribution >= 0.6 is 27.5 Å². The molecule has 0 unspecified atom stereocenters. The van der Waals surface area contributed by atoms with Gasteiger partial charge in [0.05, 0.1) is 16.1 Å². The van der Waals surface area contributed by atoms with Crippen molar-refractivity contribution in [3.63, 3.8) is 0 Å². The highest BCUT2D eigenvalue weighted by Gasteiger charge is 2.08. The molecule has 6 heteroatoms. The predicted octanol–water partition coefficient (Wildman–Crippen LogP) is 3.82. The quantitative estimate of drug-likeness (QED) is 0.854. The number of aryl methyl sites for hydroxylation is 1. The first-order valence-electron chi connectivity index (χ1n) is 5.05. The average molecular weight is 324 g/mol. The summed E-state index contributed by atoms with van der Waals surface area (Å²) in [5.41, 5.74) is 2.40. The number of nitrogens with zero attached hydrogens (tertiary/aromatic N) is 3. The summed E-state index contributed by atoms with van der Waals surface area (Å²) >= 11 is 9.20. The van der Waals surface area contributed by atoms with Crippen molar-refractivity contribution in [1.29, 1.82) is 5.26 Å². The Hall–Kier alpha value is -1.64. The van der Waals surface area contributed by atoms with Crippen molar-refractivity contribution in [3.05, 3.63) is 45.3 Å². The van der Waals surface area contributed by atoms with E-state index in [1.165, 1.54) is 6.33 Å². The normalized spacial score (nSPS) is 9.89. The van der Waals surface area contributed by atoms with E-state index in [0.29, 0.717) is 21.0 Å². The number of nitrogens with one attached hydrogen (secondary N) is 1. The van der Waals surface area contributed by atoms with Gasteiger partial charge in [0.25, 0.3) is 0 Å². The Morgan fingerprint density at radius 1 is 1.39 bits per heavy atom. The molecule has 0 aliphatic carbocycles. The molecule has 2 rings (SSSR count). The maximum absolute atomic E-state index is 8.88. The highest BCUT2D eigenvalue weighted by molar-refractivity contribution is 9.10. The zero-order chi connectivity index (χ0) is 13.1. The molecule has 0 saturated carbocycles. The van der Waals surface area contributed by atoms with Gasteiger partial charge in [-0.3, -0.25) is 0 Å². The largest absolute Gasteiger partial charge is 0.339 e. The molecule has 0 radical (unpaired) electrons. The minimum absolute atomic E-state index is 0.335. The Labute approximate surface area is 118 Å². The molecule has 1 aromatic carbocycles. The molecule has 0 atom stereocenters. The minimum Gasteiger partial charge on any atom is -0.339 e. The number of halogens is 2. The minimum atomic E-state index is 0.335. The Kier molecular flexibility index (Phi) is 3.80. The molecule has 0 aliphatic heterocycles. The zero-order valence-corrected chi connectivity index (χ0v) is 11.7. The lowest BCUT2D eigenvalue weighted by atomic mass is 10.1. The molecule has 90 valence electrons. The second kappa shape index (κ2) is 5.34. The predicted molar refractivity (Wildman–Crippen MR) is 73.9 cm³/mol. The summed E-state index contributed by atoms with van der Waals surface area (Å²) in [5.74, 6) is 0.563. The van der Waals surface area contributed by atoms with Crippen molar-refractivity contribution in [3.8, 4) is 6.07 Å². The summed E-state index contributed by atoms with van der Waals surface area (Å²) in [4.78, 5) is 7.95. The third kappa shape index (κ3) is 2.61. The molecule has 0 spiro atoms. The average Bonchev–Trinajstić information content (AvgIpc) is 2.37. The van der Waals surface area contributed by atoms with Crippen molar-refractivity contribution in [2.45, 2.75) is 6.92 Å². The smallest absolute Gasteiger partial charge is 0.149 e. The summed E-state index contributed by atoms with van der Waals surface area (Å²) in [6, 6.07) is 7.50. The van der Waals surface area contributed by atoms with Crippen LogP contribution in [-0.2, 0) is 0 Å². The molecule has 1 heterocycles. The SMILES string of the molecule is Cc1ccc(C#N)cc1Nc1ncnc(Cl)c1Br. The van der Waals surface area contributed by atoms with Crippen LogP contribution in [0.25, 0.3) is 0 Å². The third-order valence-corrected chi connectivity index (χ3v) is 3.63. The fourth-order valence-corrected chi connectivity index (χ4v) is 1.83. The fourth-order valence-electron chi connectivity index (χ4n) is 1.39. The van der Waals surface area contributed by atoms with Gasteiger partial charge in [0, 0.05) is 5.69 Å². The number of hydrogen-bond acceptors (Lipinski definition) is 4. The van der Waals surface area contributed by atoms with E-state index in [2.05, 4.69) is 37.3 Å². The molecule has 4 nitrogen and oxygen atoms in total. The van der Waals surface area contributed by atoms with Crippen molar-refractivity contribution in [2.24, 2.45) is 0 Å². The second-order valence-electron chi connectivity index (χ2n) is 3.59. The highest BCUT2D eigenvalue weighted by Crippen LogP contribution is 2.29. The Morgan fingerprint density at radius 3 is 2.89 bits per heavy atom. The van der Waals surface area contributed by atoms with Crippen LogP contribution in [0.1, 0.15) is 11.1 Å². The summed E-state index contributed by atoms with van der Waals surface area (Å²) < 4.78 is 0.591. The van der Waals surface area contributed by atoms with Crippen LogP contribution in [0.2, 0.25) is 5.15 Å². The van der Waals surface area contributed by atoms with Gasteiger partial charge in [0.2, 0.25) is 0 Å². The highest BCUT2D eigenvalue weighted by atomic mass is 79.9. The summed E-state index contributed by atoms with van der Waals surface area (Å²) in [6.07, 6.45) is 1.37. The first-order chi connectivity index (χ1) is 8.61. The molecule has 0 saturated heterocycles. The van der Waals surface area contributed by atoms with Crippen LogP contribution in [0.15, 0.2) is 29.0 Å². The molecule has 0 aliphatic rings. The first-order valence-corrected chi connectivity index (χ1v) is 6.22. The van der Waals surface area contributed by atoms with E-state index in [0.717, 1.165) is 11.3 Å². The molecular formula is C12H8BrClN4. The molecule has 2 aromatic rings. The maximum Gasteiger partial charge on any atom is 0.149 e. The van der Waals surface area contributed by atoms with Gasteiger partial charge in [-0.2, -0.15) is 5.26 Å². The topological polar surface area (TPSA) is 61.6 Å². The van der Waals surface area contributed by atoms with Gasteiger partial charge in [-0.25, -0.2) is 9.97 Å². The van der Waals surface area contributed by atoms with Gasteiger partial charge in [-0.1, -0.05) is 17.7 Å². The van der Waals surface area contributed by atoms with E-state index < -0.39 is 0 Å². The molecule has 18 heavy (non-hydrogen) atoms. The van der Waals surface area contributed by atoms with Gasteiger partial charge >= 0.3 is 0 Å². The van der Waals surface area contributed by atoms with E-state index in [4.69, 9.17) is 16.9 Å². The fraction of sp³-hybridized carbons (Fsp3) is 0.0833.